The molecule has 1 aromatic heterocycles. The molecule has 0 saturated carbocycles. The van der Waals surface area contributed by atoms with E-state index in [0.717, 1.165) is 35.3 Å². The summed E-state index contributed by atoms with van der Waals surface area (Å²) in [6.45, 7) is 0.731. The van der Waals surface area contributed by atoms with Gasteiger partial charge < -0.3 is 10.6 Å². The first-order valence-corrected chi connectivity index (χ1v) is 8.39. The minimum atomic E-state index is 0.649. The van der Waals surface area contributed by atoms with Gasteiger partial charge in [-0.15, -0.1) is 0 Å². The number of anilines is 2. The van der Waals surface area contributed by atoms with Gasteiger partial charge in [-0.2, -0.15) is 0 Å². The molecule has 0 amide bonds. The fourth-order valence-corrected chi connectivity index (χ4v) is 2.67. The van der Waals surface area contributed by atoms with Crippen LogP contribution >= 0.6 is 35.0 Å². The van der Waals surface area contributed by atoms with Gasteiger partial charge in [0.2, 0.25) is 0 Å². The molecule has 4 nitrogen and oxygen atoms in total. The zero-order valence-electron chi connectivity index (χ0n) is 11.8. The first-order chi connectivity index (χ1) is 10.1. The van der Waals surface area contributed by atoms with Crippen molar-refractivity contribution in [2.24, 2.45) is 0 Å². The van der Waals surface area contributed by atoms with E-state index in [1.165, 1.54) is 11.8 Å². The number of benzene rings is 1. The summed E-state index contributed by atoms with van der Waals surface area (Å²) in [5.41, 5.74) is 1.06. The number of hydrogen-bond acceptors (Lipinski definition) is 5. The highest BCUT2D eigenvalue weighted by atomic mass is 35.5. The summed E-state index contributed by atoms with van der Waals surface area (Å²) in [7, 11) is 1.84. The van der Waals surface area contributed by atoms with Crippen LogP contribution in [0.2, 0.25) is 10.0 Å². The largest absolute Gasteiger partial charge is 0.373 e. The van der Waals surface area contributed by atoms with E-state index in [1.807, 2.05) is 31.5 Å². The van der Waals surface area contributed by atoms with E-state index in [-0.39, 0.29) is 0 Å². The lowest BCUT2D eigenvalue weighted by Gasteiger charge is -2.09. The smallest absolute Gasteiger partial charge is 0.191 e. The van der Waals surface area contributed by atoms with Crippen molar-refractivity contribution in [3.63, 3.8) is 0 Å². The monoisotopic (exact) mass is 342 g/mol. The molecule has 112 valence electrons. The molecule has 0 radical (unpaired) electrons. The minimum absolute atomic E-state index is 0.649. The lowest BCUT2D eigenvalue weighted by molar-refractivity contribution is 0.942. The summed E-state index contributed by atoms with van der Waals surface area (Å²) >= 11 is 13.6. The summed E-state index contributed by atoms with van der Waals surface area (Å²) in [5.74, 6) is 1.59. The molecule has 2 N–H and O–H groups in total. The SMILES string of the molecule is CNc1cc(NCCc2ccc(Cl)cc2Cl)nc(SC)n1. The predicted molar refractivity (Wildman–Crippen MR) is 92.0 cm³/mol. The van der Waals surface area contributed by atoms with Crippen molar-refractivity contribution in [2.75, 3.05) is 30.5 Å². The number of nitrogens with one attached hydrogen (secondary N) is 2. The molecule has 0 aliphatic heterocycles. The first-order valence-electron chi connectivity index (χ1n) is 6.41. The highest BCUT2D eigenvalue weighted by Gasteiger charge is 2.04. The Morgan fingerprint density at radius 3 is 2.57 bits per heavy atom. The Kier molecular flexibility index (Phi) is 5.96. The van der Waals surface area contributed by atoms with E-state index in [2.05, 4.69) is 20.6 Å². The molecule has 0 bridgehead atoms. The Balaban J connectivity index is 1.99. The van der Waals surface area contributed by atoms with E-state index < -0.39 is 0 Å². The molecule has 1 aromatic carbocycles. The maximum atomic E-state index is 6.16. The summed E-state index contributed by atoms with van der Waals surface area (Å²) < 4.78 is 0. The Labute approximate surface area is 138 Å². The van der Waals surface area contributed by atoms with Crippen LogP contribution in [-0.4, -0.2) is 29.8 Å². The van der Waals surface area contributed by atoms with Crippen LogP contribution in [0.1, 0.15) is 5.56 Å². The lowest BCUT2D eigenvalue weighted by Crippen LogP contribution is -2.08. The standard InChI is InChI=1S/C14H16Cl2N4S/c1-17-12-8-13(20-14(19-12)21-2)18-6-5-9-3-4-10(15)7-11(9)16/h3-4,7-8H,5-6H2,1-2H3,(H2,17,18,19,20). The van der Waals surface area contributed by atoms with Crippen molar-refractivity contribution >= 4 is 46.6 Å². The summed E-state index contributed by atoms with van der Waals surface area (Å²) in [6.07, 6.45) is 2.75. The molecular formula is C14H16Cl2N4S. The van der Waals surface area contributed by atoms with Gasteiger partial charge in [-0.05, 0) is 30.4 Å². The van der Waals surface area contributed by atoms with Crippen molar-refractivity contribution < 1.29 is 0 Å². The summed E-state index contributed by atoms with van der Waals surface area (Å²) in [5, 5.41) is 8.38. The Hall–Kier alpha value is -1.17. The summed E-state index contributed by atoms with van der Waals surface area (Å²) in [6, 6.07) is 7.42. The van der Waals surface area contributed by atoms with Crippen LogP contribution in [0.25, 0.3) is 0 Å². The topological polar surface area (TPSA) is 49.8 Å². The molecule has 0 atom stereocenters. The van der Waals surface area contributed by atoms with Crippen molar-refractivity contribution in [3.8, 4) is 0 Å². The molecule has 0 aliphatic carbocycles. The molecule has 0 fully saturated rings. The molecule has 0 aliphatic rings. The number of aromatic nitrogens is 2. The number of thioether (sulfide) groups is 1. The Morgan fingerprint density at radius 2 is 1.90 bits per heavy atom. The van der Waals surface area contributed by atoms with E-state index in [0.29, 0.717) is 10.0 Å². The molecule has 2 aromatic rings. The van der Waals surface area contributed by atoms with E-state index >= 15 is 0 Å². The van der Waals surface area contributed by atoms with Gasteiger partial charge in [0.05, 0.1) is 0 Å². The van der Waals surface area contributed by atoms with Gasteiger partial charge in [0.15, 0.2) is 5.16 Å². The van der Waals surface area contributed by atoms with Crippen LogP contribution in [-0.2, 0) is 6.42 Å². The third kappa shape index (κ3) is 4.66. The third-order valence-electron chi connectivity index (χ3n) is 2.86. The quantitative estimate of drug-likeness (QED) is 0.608. The van der Waals surface area contributed by atoms with E-state index in [1.54, 1.807) is 6.07 Å². The van der Waals surface area contributed by atoms with Gasteiger partial charge in [-0.25, -0.2) is 9.97 Å². The van der Waals surface area contributed by atoms with Crippen LogP contribution < -0.4 is 10.6 Å². The van der Waals surface area contributed by atoms with Gasteiger partial charge in [-0.3, -0.25) is 0 Å². The summed E-state index contributed by atoms with van der Waals surface area (Å²) in [4.78, 5) is 8.74. The number of nitrogens with zero attached hydrogens (tertiary/aromatic N) is 2. The van der Waals surface area contributed by atoms with Crippen molar-refractivity contribution in [1.29, 1.82) is 0 Å². The maximum Gasteiger partial charge on any atom is 0.191 e. The molecule has 1 heterocycles. The van der Waals surface area contributed by atoms with E-state index in [9.17, 15) is 0 Å². The highest BCUT2D eigenvalue weighted by molar-refractivity contribution is 7.98. The fourth-order valence-electron chi connectivity index (χ4n) is 1.78. The van der Waals surface area contributed by atoms with Crippen molar-refractivity contribution in [3.05, 3.63) is 39.9 Å². The second kappa shape index (κ2) is 7.73. The van der Waals surface area contributed by atoms with Crippen LogP contribution in [0.3, 0.4) is 0 Å². The molecule has 7 heteroatoms. The number of hydrogen-bond donors (Lipinski definition) is 2. The highest BCUT2D eigenvalue weighted by Crippen LogP contribution is 2.22. The second-order valence-corrected chi connectivity index (χ2v) is 5.90. The average Bonchev–Trinajstić information content (AvgIpc) is 2.49. The minimum Gasteiger partial charge on any atom is -0.373 e. The molecule has 0 spiro atoms. The second-order valence-electron chi connectivity index (χ2n) is 4.29. The molecule has 2 rings (SSSR count). The number of rotatable bonds is 6. The first kappa shape index (κ1) is 16.2. The van der Waals surface area contributed by atoms with Crippen LogP contribution in [0.5, 0.6) is 0 Å². The van der Waals surface area contributed by atoms with Crippen molar-refractivity contribution in [1.82, 2.24) is 9.97 Å². The molecule has 0 saturated heterocycles. The van der Waals surface area contributed by atoms with Crippen molar-refractivity contribution in [2.45, 2.75) is 11.6 Å². The average molecular weight is 343 g/mol. The zero-order chi connectivity index (χ0) is 15.2. The zero-order valence-corrected chi connectivity index (χ0v) is 14.1. The van der Waals surface area contributed by atoms with Gasteiger partial charge in [0.25, 0.3) is 0 Å². The Bertz CT molecular complexity index is 600. The molecular weight excluding hydrogens is 327 g/mol. The van der Waals surface area contributed by atoms with Gasteiger partial charge >= 0.3 is 0 Å². The predicted octanol–water partition coefficient (Wildman–Crippen LogP) is 4.20. The van der Waals surface area contributed by atoms with Crippen LogP contribution in [0.15, 0.2) is 29.4 Å². The van der Waals surface area contributed by atoms with Gasteiger partial charge in [-0.1, -0.05) is 41.0 Å². The van der Waals surface area contributed by atoms with Crippen LogP contribution in [0, 0.1) is 0 Å². The van der Waals surface area contributed by atoms with Crippen LogP contribution in [0.4, 0.5) is 11.6 Å². The maximum absolute atomic E-state index is 6.16. The number of halogens is 2. The Morgan fingerprint density at radius 1 is 1.14 bits per heavy atom. The molecule has 0 unspecified atom stereocenters. The van der Waals surface area contributed by atoms with Gasteiger partial charge in [0, 0.05) is 29.7 Å². The normalized spacial score (nSPS) is 10.5. The third-order valence-corrected chi connectivity index (χ3v) is 3.99. The van der Waals surface area contributed by atoms with E-state index in [4.69, 9.17) is 23.2 Å². The lowest BCUT2D eigenvalue weighted by atomic mass is 10.1. The molecule has 21 heavy (non-hydrogen) atoms. The fraction of sp³-hybridized carbons (Fsp3) is 0.286. The van der Waals surface area contributed by atoms with Gasteiger partial charge in [0.1, 0.15) is 11.6 Å².